The Kier molecular flexibility index (Phi) is 4.05. The molecule has 0 unspecified atom stereocenters. The number of esters is 1. The summed E-state index contributed by atoms with van der Waals surface area (Å²) in [5, 5.41) is 0. The lowest BCUT2D eigenvalue weighted by molar-refractivity contribution is -0.136. The van der Waals surface area contributed by atoms with Gasteiger partial charge in [0.1, 0.15) is 0 Å². The third-order valence-corrected chi connectivity index (χ3v) is 2.13. The van der Waals surface area contributed by atoms with Crippen LogP contribution in [0.15, 0.2) is 25.0 Å². The van der Waals surface area contributed by atoms with Gasteiger partial charge in [0.15, 0.2) is 0 Å². The third kappa shape index (κ3) is 2.59. The highest BCUT2D eigenvalue weighted by atomic mass is 16.5. The van der Waals surface area contributed by atoms with E-state index in [4.69, 9.17) is 4.74 Å². The van der Waals surface area contributed by atoms with Crippen molar-refractivity contribution < 1.29 is 9.53 Å². The van der Waals surface area contributed by atoms with Crippen LogP contribution in [-0.2, 0) is 9.53 Å². The third-order valence-electron chi connectivity index (χ3n) is 2.13. The van der Waals surface area contributed by atoms with E-state index in [1.54, 1.807) is 19.3 Å². The van der Waals surface area contributed by atoms with Crippen LogP contribution in [-0.4, -0.2) is 31.7 Å². The molecule has 4 nitrogen and oxygen atoms in total. The molecule has 0 aliphatic heterocycles. The molecule has 0 amide bonds. The van der Waals surface area contributed by atoms with Gasteiger partial charge < -0.3 is 9.64 Å². The predicted molar refractivity (Wildman–Crippen MR) is 64.2 cm³/mol. The Labute approximate surface area is 95.6 Å². The first-order valence-electron chi connectivity index (χ1n) is 5.05. The van der Waals surface area contributed by atoms with E-state index in [9.17, 15) is 4.79 Å². The fourth-order valence-corrected chi connectivity index (χ4v) is 1.34. The summed E-state index contributed by atoms with van der Waals surface area (Å²) in [6.07, 6.45) is 3.30. The molecular weight excluding hydrogens is 204 g/mol. The van der Waals surface area contributed by atoms with E-state index in [0.29, 0.717) is 17.7 Å². The summed E-state index contributed by atoms with van der Waals surface area (Å²) in [5.74, 6) is -0.404. The molecule has 0 aromatic carbocycles. The number of hydrogen-bond acceptors (Lipinski definition) is 4. The summed E-state index contributed by atoms with van der Waals surface area (Å²) in [7, 11) is 3.80. The molecule has 0 atom stereocenters. The average molecular weight is 220 g/mol. The van der Waals surface area contributed by atoms with E-state index < -0.39 is 5.97 Å². The summed E-state index contributed by atoms with van der Waals surface area (Å²) in [6, 6.07) is 1.83. The van der Waals surface area contributed by atoms with Crippen LogP contribution in [0.2, 0.25) is 0 Å². The van der Waals surface area contributed by atoms with Crippen LogP contribution >= 0.6 is 0 Å². The molecule has 0 saturated heterocycles. The van der Waals surface area contributed by atoms with E-state index in [2.05, 4.69) is 11.6 Å². The van der Waals surface area contributed by atoms with Crippen molar-refractivity contribution in [2.45, 2.75) is 6.92 Å². The van der Waals surface area contributed by atoms with Crippen LogP contribution in [0.25, 0.3) is 5.57 Å². The van der Waals surface area contributed by atoms with Crippen molar-refractivity contribution in [3.05, 3.63) is 30.6 Å². The Hall–Kier alpha value is -1.84. The lowest BCUT2D eigenvalue weighted by Crippen LogP contribution is -2.14. The van der Waals surface area contributed by atoms with Gasteiger partial charge in [-0.25, -0.2) is 4.79 Å². The molecule has 1 aromatic heterocycles. The number of rotatable bonds is 4. The topological polar surface area (TPSA) is 42.4 Å². The highest BCUT2D eigenvalue weighted by molar-refractivity contribution is 6.17. The fourth-order valence-electron chi connectivity index (χ4n) is 1.34. The second kappa shape index (κ2) is 5.30. The number of carbonyl (C=O) groups excluding carboxylic acids is 1. The Morgan fingerprint density at radius 3 is 2.81 bits per heavy atom. The first kappa shape index (κ1) is 12.2. The van der Waals surface area contributed by atoms with Gasteiger partial charge in [0.05, 0.1) is 12.2 Å². The molecule has 86 valence electrons. The molecule has 4 heteroatoms. The lowest BCUT2D eigenvalue weighted by atomic mass is 10.1. The second-order valence-electron chi connectivity index (χ2n) is 3.49. The first-order chi connectivity index (χ1) is 7.57. The molecule has 16 heavy (non-hydrogen) atoms. The number of pyridine rings is 1. The molecule has 0 spiro atoms. The summed E-state index contributed by atoms with van der Waals surface area (Å²) in [5.41, 5.74) is 1.93. The van der Waals surface area contributed by atoms with Crippen molar-refractivity contribution in [1.29, 1.82) is 0 Å². The van der Waals surface area contributed by atoms with Crippen molar-refractivity contribution in [3.63, 3.8) is 0 Å². The minimum Gasteiger partial charge on any atom is -0.462 e. The second-order valence-corrected chi connectivity index (χ2v) is 3.49. The van der Waals surface area contributed by atoms with Gasteiger partial charge in [-0.2, -0.15) is 0 Å². The summed E-state index contributed by atoms with van der Waals surface area (Å²) < 4.78 is 4.91. The molecule has 0 fully saturated rings. The molecule has 0 saturated carbocycles. The van der Waals surface area contributed by atoms with Gasteiger partial charge in [0.25, 0.3) is 0 Å². The zero-order chi connectivity index (χ0) is 12.1. The largest absolute Gasteiger partial charge is 0.462 e. The van der Waals surface area contributed by atoms with Crippen molar-refractivity contribution in [3.8, 4) is 0 Å². The predicted octanol–water partition coefficient (Wildman–Crippen LogP) is 1.72. The number of ether oxygens (including phenoxy) is 1. The zero-order valence-corrected chi connectivity index (χ0v) is 9.86. The molecule has 0 radical (unpaired) electrons. The summed E-state index contributed by atoms with van der Waals surface area (Å²) >= 11 is 0. The zero-order valence-electron chi connectivity index (χ0n) is 9.86. The van der Waals surface area contributed by atoms with E-state index in [1.165, 1.54) is 0 Å². The highest BCUT2D eigenvalue weighted by Gasteiger charge is 2.15. The Balaban J connectivity index is 3.03. The van der Waals surface area contributed by atoms with Crippen molar-refractivity contribution in [1.82, 2.24) is 4.98 Å². The van der Waals surface area contributed by atoms with E-state index in [0.717, 1.165) is 5.69 Å². The number of aromatic nitrogens is 1. The summed E-state index contributed by atoms with van der Waals surface area (Å²) in [4.78, 5) is 17.5. The van der Waals surface area contributed by atoms with Crippen LogP contribution in [0, 0.1) is 0 Å². The van der Waals surface area contributed by atoms with Gasteiger partial charge in [0, 0.05) is 37.7 Å². The van der Waals surface area contributed by atoms with E-state index in [1.807, 2.05) is 25.1 Å². The molecule has 1 rings (SSSR count). The van der Waals surface area contributed by atoms with Gasteiger partial charge in [-0.3, -0.25) is 4.98 Å². The van der Waals surface area contributed by atoms with E-state index in [-0.39, 0.29) is 0 Å². The Morgan fingerprint density at radius 1 is 1.56 bits per heavy atom. The quantitative estimate of drug-likeness (QED) is 0.572. The molecule has 0 bridgehead atoms. The molecule has 0 aliphatic carbocycles. The van der Waals surface area contributed by atoms with Gasteiger partial charge >= 0.3 is 5.97 Å². The highest BCUT2D eigenvalue weighted by Crippen LogP contribution is 2.24. The number of carbonyl (C=O) groups is 1. The van der Waals surface area contributed by atoms with Gasteiger partial charge in [-0.05, 0) is 13.0 Å². The maximum atomic E-state index is 11.6. The van der Waals surface area contributed by atoms with Gasteiger partial charge in [0.2, 0.25) is 0 Å². The normalized spacial score (nSPS) is 9.69. The van der Waals surface area contributed by atoms with Crippen molar-refractivity contribution in [2.24, 2.45) is 0 Å². The number of nitrogens with zero attached hydrogens (tertiary/aromatic N) is 2. The lowest BCUT2D eigenvalue weighted by Gasteiger charge is -2.17. The molecular formula is C12H16N2O2. The standard InChI is InChI=1S/C12H16N2O2/c1-5-16-12(15)9(2)10-8-13-7-6-11(10)14(3)4/h6-8H,2,5H2,1,3-4H3. The molecule has 0 aliphatic rings. The SMILES string of the molecule is C=C(C(=O)OCC)c1cnccc1N(C)C. The first-order valence-corrected chi connectivity index (χ1v) is 5.05. The minimum absolute atomic E-state index is 0.332. The Bertz CT molecular complexity index is 400. The molecule has 1 aromatic rings. The molecule has 1 heterocycles. The minimum atomic E-state index is -0.404. The summed E-state index contributed by atoms with van der Waals surface area (Å²) in [6.45, 7) is 5.85. The fraction of sp³-hybridized carbons (Fsp3) is 0.333. The van der Waals surface area contributed by atoms with Crippen LogP contribution in [0.5, 0.6) is 0 Å². The van der Waals surface area contributed by atoms with Crippen LogP contribution in [0.1, 0.15) is 12.5 Å². The van der Waals surface area contributed by atoms with Gasteiger partial charge in [-0.15, -0.1) is 0 Å². The van der Waals surface area contributed by atoms with Crippen LogP contribution in [0.3, 0.4) is 0 Å². The molecule has 0 N–H and O–H groups in total. The van der Waals surface area contributed by atoms with Crippen LogP contribution < -0.4 is 4.90 Å². The van der Waals surface area contributed by atoms with Crippen molar-refractivity contribution in [2.75, 3.05) is 25.6 Å². The van der Waals surface area contributed by atoms with E-state index >= 15 is 0 Å². The smallest absolute Gasteiger partial charge is 0.338 e. The maximum absolute atomic E-state index is 11.6. The average Bonchev–Trinajstić information content (AvgIpc) is 2.28. The monoisotopic (exact) mass is 220 g/mol. The van der Waals surface area contributed by atoms with Crippen LogP contribution in [0.4, 0.5) is 5.69 Å². The van der Waals surface area contributed by atoms with Gasteiger partial charge in [-0.1, -0.05) is 6.58 Å². The number of anilines is 1. The number of hydrogen-bond donors (Lipinski definition) is 0. The van der Waals surface area contributed by atoms with Crippen molar-refractivity contribution >= 4 is 17.2 Å². The Morgan fingerprint density at radius 2 is 2.25 bits per heavy atom. The maximum Gasteiger partial charge on any atom is 0.338 e.